The molecule has 4 aromatic carbocycles. The highest BCUT2D eigenvalue weighted by molar-refractivity contribution is 6.53. The van der Waals surface area contributed by atoms with Gasteiger partial charge < -0.3 is 10.2 Å². The van der Waals surface area contributed by atoms with Gasteiger partial charge in [0.25, 0.3) is 17.7 Å². The first kappa shape index (κ1) is 26.2. The van der Waals surface area contributed by atoms with Crippen LogP contribution < -0.4 is 10.2 Å². The van der Waals surface area contributed by atoms with Crippen molar-refractivity contribution in [1.82, 2.24) is 4.90 Å². The Bertz CT molecular complexity index is 1530. The summed E-state index contributed by atoms with van der Waals surface area (Å²) in [5.74, 6) is -1.45. The number of nitrogens with zero attached hydrogens (tertiary/aromatic N) is 2. The molecule has 0 radical (unpaired) electrons. The lowest BCUT2D eigenvalue weighted by Gasteiger charge is -2.23. The second kappa shape index (κ2) is 11.6. The van der Waals surface area contributed by atoms with Crippen molar-refractivity contribution in [3.05, 3.63) is 142 Å². The summed E-state index contributed by atoms with van der Waals surface area (Å²) in [6, 6.07) is 32.7. The van der Waals surface area contributed by atoms with E-state index in [1.165, 1.54) is 6.07 Å². The second-order valence-electron chi connectivity index (χ2n) is 8.95. The van der Waals surface area contributed by atoms with E-state index in [-0.39, 0.29) is 16.6 Å². The van der Waals surface area contributed by atoms with Crippen molar-refractivity contribution in [2.45, 2.75) is 13.1 Å². The highest BCUT2D eigenvalue weighted by Crippen LogP contribution is 2.31. The van der Waals surface area contributed by atoms with Crippen LogP contribution in [0, 0.1) is 0 Å². The first-order valence-electron chi connectivity index (χ1n) is 12.2. The molecule has 0 spiro atoms. The van der Waals surface area contributed by atoms with E-state index in [0.29, 0.717) is 35.1 Å². The Hall–Kier alpha value is -4.39. The number of anilines is 2. The lowest BCUT2D eigenvalue weighted by molar-refractivity contribution is -0.120. The maximum absolute atomic E-state index is 13.7. The summed E-state index contributed by atoms with van der Waals surface area (Å²) in [5, 5.41) is 3.09. The molecule has 0 saturated heterocycles. The van der Waals surface area contributed by atoms with Crippen molar-refractivity contribution in [3.63, 3.8) is 0 Å². The number of hydrogen-bond acceptors (Lipinski definition) is 4. The zero-order valence-corrected chi connectivity index (χ0v) is 22.2. The predicted octanol–water partition coefficient (Wildman–Crippen LogP) is 6.62. The Kier molecular flexibility index (Phi) is 7.77. The molecule has 0 aromatic heterocycles. The van der Waals surface area contributed by atoms with Crippen LogP contribution in [-0.4, -0.2) is 22.6 Å². The molecule has 194 valence electrons. The molecule has 0 fully saturated rings. The van der Waals surface area contributed by atoms with Crippen LogP contribution >= 0.6 is 23.2 Å². The molecule has 1 aliphatic rings. The Morgan fingerprint density at radius 3 is 1.95 bits per heavy atom. The summed E-state index contributed by atoms with van der Waals surface area (Å²) in [6.07, 6.45) is 0. The smallest absolute Gasteiger partial charge is 0.283 e. The van der Waals surface area contributed by atoms with E-state index in [9.17, 15) is 14.4 Å². The van der Waals surface area contributed by atoms with Gasteiger partial charge in [0.05, 0.1) is 5.69 Å². The topological polar surface area (TPSA) is 69.7 Å². The van der Waals surface area contributed by atoms with Crippen LogP contribution in [0.25, 0.3) is 0 Å². The molecule has 1 N–H and O–H groups in total. The summed E-state index contributed by atoms with van der Waals surface area (Å²) < 4.78 is 0. The summed E-state index contributed by atoms with van der Waals surface area (Å²) in [7, 11) is 0. The maximum atomic E-state index is 13.7. The average Bonchev–Trinajstić information content (AvgIpc) is 3.16. The van der Waals surface area contributed by atoms with Crippen LogP contribution in [0.2, 0.25) is 5.02 Å². The molecular formula is C31H23Cl2N3O3. The number of carbonyl (C=O) groups excluding carboxylic acids is 3. The number of imide groups is 1. The van der Waals surface area contributed by atoms with E-state index in [1.807, 2.05) is 60.7 Å². The molecule has 0 bridgehead atoms. The third kappa shape index (κ3) is 5.87. The van der Waals surface area contributed by atoms with Crippen LogP contribution in [0.15, 0.2) is 120 Å². The van der Waals surface area contributed by atoms with Gasteiger partial charge in [0, 0.05) is 29.4 Å². The van der Waals surface area contributed by atoms with E-state index in [4.69, 9.17) is 23.2 Å². The number of hydrogen-bond donors (Lipinski definition) is 1. The maximum Gasteiger partial charge on any atom is 0.283 e. The fourth-order valence-corrected chi connectivity index (χ4v) is 4.72. The van der Waals surface area contributed by atoms with E-state index in [2.05, 4.69) is 5.32 Å². The molecule has 4 aromatic rings. The summed E-state index contributed by atoms with van der Waals surface area (Å²) in [6.45, 7) is 0.843. The monoisotopic (exact) mass is 555 g/mol. The molecule has 0 atom stereocenters. The minimum atomic E-state index is -0.657. The van der Waals surface area contributed by atoms with Crippen LogP contribution in [0.4, 0.5) is 11.4 Å². The zero-order valence-electron chi connectivity index (χ0n) is 20.7. The second-order valence-corrected chi connectivity index (χ2v) is 9.77. The lowest BCUT2D eigenvalue weighted by Crippen LogP contribution is -2.32. The van der Waals surface area contributed by atoms with Gasteiger partial charge in [-0.2, -0.15) is 0 Å². The number of carbonyl (C=O) groups is 3. The van der Waals surface area contributed by atoms with Crippen LogP contribution in [0.1, 0.15) is 21.5 Å². The number of benzene rings is 4. The molecule has 1 heterocycles. The fourth-order valence-electron chi connectivity index (χ4n) is 4.33. The molecule has 8 heteroatoms. The molecule has 0 saturated carbocycles. The standard InChI is InChI=1S/C31H23Cl2N3O3/c32-24-14-8-16-26(18-24)36-30(38)27(33)28(31(36)39)34-25-15-7-13-23(17-25)29(37)35(19-21-9-3-1-4-10-21)20-22-11-5-2-6-12-22/h1-18,34H,19-20H2. The van der Waals surface area contributed by atoms with Gasteiger partial charge in [0.2, 0.25) is 0 Å². The van der Waals surface area contributed by atoms with Gasteiger partial charge in [0.15, 0.2) is 0 Å². The first-order chi connectivity index (χ1) is 18.9. The number of amides is 3. The van der Waals surface area contributed by atoms with E-state index in [0.717, 1.165) is 16.0 Å². The van der Waals surface area contributed by atoms with Gasteiger partial charge in [-0.15, -0.1) is 0 Å². The fraction of sp³-hybridized carbons (Fsp3) is 0.0645. The van der Waals surface area contributed by atoms with E-state index in [1.54, 1.807) is 47.4 Å². The first-order valence-corrected chi connectivity index (χ1v) is 12.9. The summed E-state index contributed by atoms with van der Waals surface area (Å²) in [5.41, 5.74) is 3.12. The average molecular weight is 556 g/mol. The largest absolute Gasteiger partial charge is 0.350 e. The van der Waals surface area contributed by atoms with Crippen molar-refractivity contribution in [2.75, 3.05) is 10.2 Å². The minimum absolute atomic E-state index is 0.0725. The molecule has 39 heavy (non-hydrogen) atoms. The molecule has 0 unspecified atom stereocenters. The van der Waals surface area contributed by atoms with E-state index < -0.39 is 11.8 Å². The molecule has 0 aliphatic carbocycles. The van der Waals surface area contributed by atoms with Gasteiger partial charge in [-0.25, -0.2) is 4.90 Å². The third-order valence-corrected chi connectivity index (χ3v) is 6.78. The van der Waals surface area contributed by atoms with Gasteiger partial charge in [-0.1, -0.05) is 96.0 Å². The molecule has 6 nitrogen and oxygen atoms in total. The molecule has 1 aliphatic heterocycles. The normalized spacial score (nSPS) is 13.1. The van der Waals surface area contributed by atoms with Crippen molar-refractivity contribution in [1.29, 1.82) is 0 Å². The lowest BCUT2D eigenvalue weighted by atomic mass is 10.1. The van der Waals surface area contributed by atoms with Gasteiger partial charge in [0.1, 0.15) is 10.7 Å². The number of nitrogens with one attached hydrogen (secondary N) is 1. The predicted molar refractivity (Wildman–Crippen MR) is 153 cm³/mol. The van der Waals surface area contributed by atoms with Crippen molar-refractivity contribution in [3.8, 4) is 0 Å². The highest BCUT2D eigenvalue weighted by Gasteiger charge is 2.39. The number of rotatable bonds is 8. The van der Waals surface area contributed by atoms with Crippen molar-refractivity contribution >= 4 is 52.3 Å². The Morgan fingerprint density at radius 2 is 1.33 bits per heavy atom. The summed E-state index contributed by atoms with van der Waals surface area (Å²) >= 11 is 12.3. The van der Waals surface area contributed by atoms with Crippen molar-refractivity contribution < 1.29 is 14.4 Å². The SMILES string of the molecule is O=C(c1cccc(NC2=C(Cl)C(=O)N(c3cccc(Cl)c3)C2=O)c1)N(Cc1ccccc1)Cc1ccccc1. The van der Waals surface area contributed by atoms with Crippen molar-refractivity contribution in [2.24, 2.45) is 0 Å². The minimum Gasteiger partial charge on any atom is -0.350 e. The van der Waals surface area contributed by atoms with Gasteiger partial charge >= 0.3 is 0 Å². The Morgan fingerprint density at radius 1 is 0.718 bits per heavy atom. The number of halogens is 2. The summed E-state index contributed by atoms with van der Waals surface area (Å²) in [4.78, 5) is 42.4. The van der Waals surface area contributed by atoms with Gasteiger partial charge in [-0.3, -0.25) is 14.4 Å². The van der Waals surface area contributed by atoms with E-state index >= 15 is 0 Å². The Labute approximate surface area is 236 Å². The zero-order chi connectivity index (χ0) is 27.4. The van der Waals surface area contributed by atoms with Crippen LogP contribution in [0.3, 0.4) is 0 Å². The molecule has 5 rings (SSSR count). The highest BCUT2D eigenvalue weighted by atomic mass is 35.5. The molecular weight excluding hydrogens is 533 g/mol. The Balaban J connectivity index is 1.39. The third-order valence-electron chi connectivity index (χ3n) is 6.19. The van der Waals surface area contributed by atoms with Crippen LogP contribution in [0.5, 0.6) is 0 Å². The quantitative estimate of drug-likeness (QED) is 0.248. The van der Waals surface area contributed by atoms with Crippen LogP contribution in [-0.2, 0) is 22.7 Å². The molecule has 3 amide bonds. The van der Waals surface area contributed by atoms with Gasteiger partial charge in [-0.05, 0) is 47.5 Å².